The number of Topliss-reactive ketones (excluding diaryl/α,β-unsaturated/α-hetero) is 2. The van der Waals surface area contributed by atoms with Crippen molar-refractivity contribution in [2.75, 3.05) is 0 Å². The molecule has 0 unspecified atom stereocenters. The molecule has 2 aliphatic rings. The van der Waals surface area contributed by atoms with E-state index in [1.54, 1.807) is 0 Å². The molecule has 9 nitrogen and oxygen atoms in total. The number of allylic oxidation sites excluding steroid dienone is 4. The number of aliphatic hydroxyl groups excluding tert-OH is 3. The van der Waals surface area contributed by atoms with E-state index < -0.39 is 79.7 Å². The number of carbonyl (C=O) groups excluding carboxylic acids is 3. The highest BCUT2D eigenvalue weighted by Crippen LogP contribution is 2.49. The van der Waals surface area contributed by atoms with E-state index in [-0.39, 0.29) is 0 Å². The Morgan fingerprint density at radius 2 is 1.37 bits per heavy atom. The number of aliphatic hydroxyl groups is 3. The zero-order chi connectivity index (χ0) is 20.2. The molecule has 0 amide bonds. The van der Waals surface area contributed by atoms with E-state index in [1.807, 2.05) is 0 Å². The van der Waals surface area contributed by atoms with Crippen LogP contribution < -0.4 is 0 Å². The van der Waals surface area contributed by atoms with Gasteiger partial charge in [-0.1, -0.05) is 0 Å². The smallest absolute Gasteiger partial charge is 0.202 e. The number of aromatic hydroxyl groups is 3. The largest absolute Gasteiger partial charge is 0.507 e. The van der Waals surface area contributed by atoms with Gasteiger partial charge in [-0.15, -0.1) is 0 Å². The van der Waals surface area contributed by atoms with E-state index in [4.69, 9.17) is 0 Å². The summed E-state index contributed by atoms with van der Waals surface area (Å²) in [5.74, 6) is -7.20. The summed E-state index contributed by atoms with van der Waals surface area (Å²) in [6.45, 7) is 1.03. The summed E-state index contributed by atoms with van der Waals surface area (Å²) in [7, 11) is 0. The van der Waals surface area contributed by atoms with Crippen molar-refractivity contribution in [1.29, 1.82) is 0 Å². The Balaban J connectivity index is 2.27. The number of hydrogen-bond donors (Lipinski definition) is 6. The maximum atomic E-state index is 12.5. The Labute approximate surface area is 150 Å². The molecule has 9 heteroatoms. The lowest BCUT2D eigenvalue weighted by atomic mass is 9.78. The van der Waals surface area contributed by atoms with Gasteiger partial charge in [0.25, 0.3) is 0 Å². The second-order valence-corrected chi connectivity index (χ2v) is 5.83. The number of carbonyl (C=O) groups is 3. The van der Waals surface area contributed by atoms with Crippen molar-refractivity contribution in [2.45, 2.75) is 6.92 Å². The van der Waals surface area contributed by atoms with Crippen molar-refractivity contribution in [3.63, 3.8) is 0 Å². The van der Waals surface area contributed by atoms with Gasteiger partial charge in [-0.25, -0.2) is 0 Å². The highest BCUT2D eigenvalue weighted by molar-refractivity contribution is 6.40. The SMILES string of the molecule is CC(=O)c1c(O)cc(O)c(C2=C(O)C(=C3C(O)=CC(=O)C=C3O)C2=O)c1O. The van der Waals surface area contributed by atoms with Crippen molar-refractivity contribution in [3.8, 4) is 17.2 Å². The van der Waals surface area contributed by atoms with Gasteiger partial charge in [-0.3, -0.25) is 14.4 Å². The molecule has 1 aromatic carbocycles. The predicted molar refractivity (Wildman–Crippen MR) is 89.5 cm³/mol. The summed E-state index contributed by atoms with van der Waals surface area (Å²) < 4.78 is 0. The third kappa shape index (κ3) is 2.44. The molecule has 0 radical (unpaired) electrons. The zero-order valence-corrected chi connectivity index (χ0v) is 13.6. The second kappa shape index (κ2) is 5.77. The molecule has 6 N–H and O–H groups in total. The average molecular weight is 372 g/mol. The van der Waals surface area contributed by atoms with Crippen LogP contribution >= 0.6 is 0 Å². The van der Waals surface area contributed by atoms with E-state index in [0.717, 1.165) is 25.1 Å². The van der Waals surface area contributed by atoms with Crippen LogP contribution in [0.2, 0.25) is 0 Å². The van der Waals surface area contributed by atoms with Crippen LogP contribution in [0.3, 0.4) is 0 Å². The third-order valence-electron chi connectivity index (χ3n) is 4.11. The molecule has 1 aromatic rings. The van der Waals surface area contributed by atoms with Crippen molar-refractivity contribution < 1.29 is 45.0 Å². The first-order valence-electron chi connectivity index (χ1n) is 7.44. The van der Waals surface area contributed by atoms with Crippen LogP contribution in [0.15, 0.2) is 46.6 Å². The quantitative estimate of drug-likeness (QED) is 0.333. The first-order chi connectivity index (χ1) is 12.6. The molecule has 138 valence electrons. The molecular weight excluding hydrogens is 360 g/mol. The van der Waals surface area contributed by atoms with Crippen molar-refractivity contribution in [3.05, 3.63) is 57.8 Å². The van der Waals surface area contributed by atoms with Crippen molar-refractivity contribution in [2.24, 2.45) is 0 Å². The van der Waals surface area contributed by atoms with Gasteiger partial charge in [-0.2, -0.15) is 0 Å². The predicted octanol–water partition coefficient (Wildman–Crippen LogP) is 1.62. The molecule has 0 saturated carbocycles. The first-order valence-corrected chi connectivity index (χ1v) is 7.44. The van der Waals surface area contributed by atoms with Crippen LogP contribution in [0.1, 0.15) is 22.8 Å². The molecule has 3 rings (SSSR count). The van der Waals surface area contributed by atoms with Crippen LogP contribution in [-0.4, -0.2) is 48.0 Å². The average Bonchev–Trinajstić information content (AvgIpc) is 2.53. The molecule has 27 heavy (non-hydrogen) atoms. The molecule has 0 saturated heterocycles. The Kier molecular flexibility index (Phi) is 3.80. The highest BCUT2D eigenvalue weighted by Gasteiger charge is 2.43. The highest BCUT2D eigenvalue weighted by atomic mass is 16.3. The number of rotatable bonds is 2. The summed E-state index contributed by atoms with van der Waals surface area (Å²) in [5.41, 5.74) is -2.79. The van der Waals surface area contributed by atoms with E-state index >= 15 is 0 Å². The van der Waals surface area contributed by atoms with E-state index in [1.165, 1.54) is 0 Å². The lowest BCUT2D eigenvalue weighted by Crippen LogP contribution is -2.25. The van der Waals surface area contributed by atoms with Gasteiger partial charge in [0.15, 0.2) is 11.6 Å². The van der Waals surface area contributed by atoms with Gasteiger partial charge < -0.3 is 30.6 Å². The molecular formula is C18H12O9. The normalized spacial score (nSPS) is 16.9. The summed E-state index contributed by atoms with van der Waals surface area (Å²) in [5, 5.41) is 59.8. The molecule has 0 aromatic heterocycles. The van der Waals surface area contributed by atoms with Crippen molar-refractivity contribution >= 4 is 22.9 Å². The summed E-state index contributed by atoms with van der Waals surface area (Å²) in [4.78, 5) is 35.3. The van der Waals surface area contributed by atoms with E-state index in [9.17, 15) is 45.0 Å². The lowest BCUT2D eigenvalue weighted by Gasteiger charge is -2.26. The van der Waals surface area contributed by atoms with Gasteiger partial charge in [0.1, 0.15) is 40.1 Å². The summed E-state index contributed by atoms with van der Waals surface area (Å²) in [6.07, 6.45) is 1.45. The van der Waals surface area contributed by atoms with Gasteiger partial charge in [-0.05, 0) is 6.92 Å². The fourth-order valence-corrected chi connectivity index (χ4v) is 2.94. The molecule has 2 aliphatic carbocycles. The topological polar surface area (TPSA) is 173 Å². The van der Waals surface area contributed by atoms with E-state index in [0.29, 0.717) is 0 Å². The Bertz CT molecular complexity index is 1060. The number of benzene rings is 1. The maximum Gasteiger partial charge on any atom is 0.202 e. The molecule has 0 spiro atoms. The van der Waals surface area contributed by atoms with Gasteiger partial charge >= 0.3 is 0 Å². The fraction of sp³-hybridized carbons (Fsp3) is 0.0556. The molecule has 0 heterocycles. The minimum absolute atomic E-state index is 0.495. The van der Waals surface area contributed by atoms with Crippen LogP contribution in [0.5, 0.6) is 17.2 Å². The van der Waals surface area contributed by atoms with Crippen LogP contribution in [0, 0.1) is 0 Å². The third-order valence-corrected chi connectivity index (χ3v) is 4.11. The molecule has 0 fully saturated rings. The van der Waals surface area contributed by atoms with Crippen LogP contribution in [-0.2, 0) is 9.59 Å². The maximum absolute atomic E-state index is 12.5. The minimum atomic E-state index is -0.984. The monoisotopic (exact) mass is 372 g/mol. The Morgan fingerprint density at radius 3 is 1.85 bits per heavy atom. The van der Waals surface area contributed by atoms with Crippen molar-refractivity contribution in [1.82, 2.24) is 0 Å². The number of phenols is 3. The number of ketones is 3. The molecule has 0 bridgehead atoms. The molecule has 0 aliphatic heterocycles. The van der Waals surface area contributed by atoms with Gasteiger partial charge in [0, 0.05) is 18.2 Å². The first kappa shape index (κ1) is 17.8. The van der Waals surface area contributed by atoms with Gasteiger partial charge in [0.2, 0.25) is 5.78 Å². The Morgan fingerprint density at radius 1 is 0.815 bits per heavy atom. The summed E-state index contributed by atoms with van der Waals surface area (Å²) in [6, 6.07) is 0.721. The standard InChI is InChI=1S/C18H12O9/c1-5(19)11-9(23)4-10(24)13(16(11)25)15-17(26)14(18(15)27)12-7(21)2-6(20)3-8(12)22/h2-4,21-26H,1H3. The van der Waals surface area contributed by atoms with Crippen LogP contribution in [0.4, 0.5) is 0 Å². The lowest BCUT2D eigenvalue weighted by molar-refractivity contribution is -0.112. The fourth-order valence-electron chi connectivity index (χ4n) is 2.94. The number of hydrogen-bond acceptors (Lipinski definition) is 9. The minimum Gasteiger partial charge on any atom is -0.507 e. The van der Waals surface area contributed by atoms with Gasteiger partial charge in [0.05, 0.1) is 22.3 Å². The molecule has 0 atom stereocenters. The second-order valence-electron chi connectivity index (χ2n) is 5.83. The number of phenolic OH excluding ortho intramolecular Hbond substituents is 3. The Hall–Kier alpha value is -4.01. The van der Waals surface area contributed by atoms with E-state index in [2.05, 4.69) is 0 Å². The summed E-state index contributed by atoms with van der Waals surface area (Å²) >= 11 is 0. The zero-order valence-electron chi connectivity index (χ0n) is 13.6. The van der Waals surface area contributed by atoms with Crippen LogP contribution in [0.25, 0.3) is 5.57 Å².